The summed E-state index contributed by atoms with van der Waals surface area (Å²) in [6.45, 7) is 8.42. The van der Waals surface area contributed by atoms with Crippen LogP contribution in [-0.2, 0) is 0 Å². The Hall–Kier alpha value is -0.0800. The van der Waals surface area contributed by atoms with E-state index in [9.17, 15) is 0 Å². The lowest BCUT2D eigenvalue weighted by atomic mass is 9.95. The average Bonchev–Trinajstić information content (AvgIpc) is 3.02. The minimum Gasteiger partial charge on any atom is -0.317 e. The van der Waals surface area contributed by atoms with Crippen molar-refractivity contribution in [3.8, 4) is 0 Å². The van der Waals surface area contributed by atoms with Crippen LogP contribution >= 0.6 is 0 Å². The summed E-state index contributed by atoms with van der Waals surface area (Å²) in [6.07, 6.45) is 11.5. The van der Waals surface area contributed by atoms with Gasteiger partial charge in [0.25, 0.3) is 0 Å². The zero-order valence-electron chi connectivity index (χ0n) is 12.5. The molecule has 0 bridgehead atoms. The summed E-state index contributed by atoms with van der Waals surface area (Å²) < 4.78 is 0. The Morgan fingerprint density at radius 2 is 1.89 bits per heavy atom. The predicted molar refractivity (Wildman–Crippen MR) is 78.9 cm³/mol. The van der Waals surface area contributed by atoms with Gasteiger partial charge in [-0.15, -0.1) is 0 Å². The maximum atomic E-state index is 3.55. The van der Waals surface area contributed by atoms with Crippen LogP contribution < -0.4 is 5.32 Å². The molecule has 2 fully saturated rings. The van der Waals surface area contributed by atoms with Gasteiger partial charge in [-0.1, -0.05) is 19.8 Å². The fourth-order valence-electron chi connectivity index (χ4n) is 3.99. The lowest BCUT2D eigenvalue weighted by Crippen LogP contribution is -2.42. The average molecular weight is 252 g/mol. The molecule has 0 radical (unpaired) electrons. The molecule has 0 amide bonds. The Bertz CT molecular complexity index is 223. The second kappa shape index (κ2) is 7.49. The summed E-state index contributed by atoms with van der Waals surface area (Å²) in [5, 5.41) is 3.55. The van der Waals surface area contributed by atoms with Crippen LogP contribution in [0.15, 0.2) is 0 Å². The van der Waals surface area contributed by atoms with E-state index < -0.39 is 0 Å². The Balaban J connectivity index is 1.75. The lowest BCUT2D eigenvalue weighted by Gasteiger charge is -2.34. The first-order valence-electron chi connectivity index (χ1n) is 8.29. The molecule has 1 N–H and O–H groups in total. The molecule has 1 saturated heterocycles. The Morgan fingerprint density at radius 3 is 2.61 bits per heavy atom. The first-order chi connectivity index (χ1) is 8.83. The number of nitrogens with one attached hydrogen (secondary N) is 1. The largest absolute Gasteiger partial charge is 0.317 e. The van der Waals surface area contributed by atoms with E-state index in [-0.39, 0.29) is 0 Å². The molecule has 1 aliphatic carbocycles. The normalized spacial score (nSPS) is 28.0. The van der Waals surface area contributed by atoms with Crippen molar-refractivity contribution in [2.45, 2.75) is 77.3 Å². The van der Waals surface area contributed by atoms with Crippen LogP contribution in [0.5, 0.6) is 0 Å². The number of hydrogen-bond donors (Lipinski definition) is 1. The molecule has 2 unspecified atom stereocenters. The second-order valence-electron chi connectivity index (χ2n) is 6.38. The van der Waals surface area contributed by atoms with E-state index in [0.717, 1.165) is 18.0 Å². The van der Waals surface area contributed by atoms with E-state index in [4.69, 9.17) is 0 Å². The summed E-state index contributed by atoms with van der Waals surface area (Å²) >= 11 is 0. The zero-order valence-corrected chi connectivity index (χ0v) is 12.5. The van der Waals surface area contributed by atoms with Crippen LogP contribution in [0.25, 0.3) is 0 Å². The molecule has 2 aliphatic rings. The maximum absolute atomic E-state index is 3.55. The Morgan fingerprint density at radius 1 is 1.11 bits per heavy atom. The first-order valence-corrected chi connectivity index (χ1v) is 8.29. The molecular weight excluding hydrogens is 220 g/mol. The molecule has 106 valence electrons. The van der Waals surface area contributed by atoms with Gasteiger partial charge in [-0.3, -0.25) is 4.90 Å². The minimum absolute atomic E-state index is 0.780. The van der Waals surface area contributed by atoms with E-state index >= 15 is 0 Å². The van der Waals surface area contributed by atoms with Gasteiger partial charge >= 0.3 is 0 Å². The van der Waals surface area contributed by atoms with E-state index in [1.807, 2.05) is 0 Å². The molecule has 2 rings (SSSR count). The van der Waals surface area contributed by atoms with Crippen molar-refractivity contribution in [3.05, 3.63) is 0 Å². The van der Waals surface area contributed by atoms with Crippen molar-refractivity contribution in [3.63, 3.8) is 0 Å². The smallest absolute Gasteiger partial charge is 0.0127 e. The number of hydrogen-bond acceptors (Lipinski definition) is 2. The van der Waals surface area contributed by atoms with Crippen LogP contribution in [0.2, 0.25) is 0 Å². The van der Waals surface area contributed by atoms with Crippen molar-refractivity contribution in [2.75, 3.05) is 19.6 Å². The van der Waals surface area contributed by atoms with Crippen LogP contribution in [0.1, 0.15) is 65.2 Å². The number of likely N-dealkylation sites (tertiary alicyclic amines) is 1. The van der Waals surface area contributed by atoms with Crippen LogP contribution in [-0.4, -0.2) is 36.6 Å². The SMILES string of the molecule is CCCNCCC(C)N1CCCC1C1CCCC1. The standard InChI is InChI=1S/C16H32N2/c1-3-11-17-12-10-14(2)18-13-6-9-16(18)15-7-4-5-8-15/h14-17H,3-13H2,1-2H3. The van der Waals surface area contributed by atoms with Gasteiger partial charge in [0, 0.05) is 12.1 Å². The molecule has 0 aromatic rings. The van der Waals surface area contributed by atoms with Crippen LogP contribution in [0.4, 0.5) is 0 Å². The number of rotatable bonds is 7. The molecule has 1 heterocycles. The van der Waals surface area contributed by atoms with E-state index in [1.54, 1.807) is 0 Å². The summed E-state index contributed by atoms with van der Waals surface area (Å²) in [4.78, 5) is 2.84. The summed E-state index contributed by atoms with van der Waals surface area (Å²) in [5.74, 6) is 1.03. The molecule has 18 heavy (non-hydrogen) atoms. The highest BCUT2D eigenvalue weighted by Crippen LogP contribution is 2.36. The third kappa shape index (κ3) is 3.71. The molecule has 0 aromatic carbocycles. The zero-order chi connectivity index (χ0) is 12.8. The fourth-order valence-corrected chi connectivity index (χ4v) is 3.99. The van der Waals surface area contributed by atoms with E-state index in [2.05, 4.69) is 24.1 Å². The van der Waals surface area contributed by atoms with Gasteiger partial charge in [-0.2, -0.15) is 0 Å². The third-order valence-corrected chi connectivity index (χ3v) is 5.02. The van der Waals surface area contributed by atoms with Crippen LogP contribution in [0.3, 0.4) is 0 Å². The number of nitrogens with zero attached hydrogens (tertiary/aromatic N) is 1. The third-order valence-electron chi connectivity index (χ3n) is 5.02. The van der Waals surface area contributed by atoms with Gasteiger partial charge in [0.2, 0.25) is 0 Å². The van der Waals surface area contributed by atoms with Crippen molar-refractivity contribution < 1.29 is 0 Å². The molecule has 2 nitrogen and oxygen atoms in total. The molecule has 1 saturated carbocycles. The molecule has 2 heteroatoms. The van der Waals surface area contributed by atoms with Crippen molar-refractivity contribution in [1.29, 1.82) is 0 Å². The Kier molecular flexibility index (Phi) is 5.97. The fraction of sp³-hybridized carbons (Fsp3) is 1.00. The summed E-state index contributed by atoms with van der Waals surface area (Å²) in [5.41, 5.74) is 0. The van der Waals surface area contributed by atoms with Gasteiger partial charge in [0.1, 0.15) is 0 Å². The molecular formula is C16H32N2. The first kappa shape index (κ1) is 14.3. The topological polar surface area (TPSA) is 15.3 Å². The quantitative estimate of drug-likeness (QED) is 0.698. The maximum Gasteiger partial charge on any atom is 0.0127 e. The second-order valence-corrected chi connectivity index (χ2v) is 6.38. The molecule has 1 aliphatic heterocycles. The van der Waals surface area contributed by atoms with Crippen molar-refractivity contribution >= 4 is 0 Å². The molecule has 0 aromatic heterocycles. The minimum atomic E-state index is 0.780. The molecule has 0 spiro atoms. The highest BCUT2D eigenvalue weighted by molar-refractivity contribution is 4.89. The van der Waals surface area contributed by atoms with E-state index in [0.29, 0.717) is 0 Å². The van der Waals surface area contributed by atoms with Crippen molar-refractivity contribution in [2.24, 2.45) is 5.92 Å². The van der Waals surface area contributed by atoms with E-state index in [1.165, 1.54) is 71.0 Å². The van der Waals surface area contributed by atoms with Crippen LogP contribution in [0, 0.1) is 5.92 Å². The summed E-state index contributed by atoms with van der Waals surface area (Å²) in [7, 11) is 0. The van der Waals surface area contributed by atoms with Gasteiger partial charge in [0.05, 0.1) is 0 Å². The van der Waals surface area contributed by atoms with Gasteiger partial charge in [-0.05, 0) is 71.0 Å². The van der Waals surface area contributed by atoms with Gasteiger partial charge < -0.3 is 5.32 Å². The monoisotopic (exact) mass is 252 g/mol. The van der Waals surface area contributed by atoms with Gasteiger partial charge in [-0.25, -0.2) is 0 Å². The highest BCUT2D eigenvalue weighted by atomic mass is 15.2. The highest BCUT2D eigenvalue weighted by Gasteiger charge is 2.35. The summed E-state index contributed by atoms with van der Waals surface area (Å²) in [6, 6.07) is 1.70. The van der Waals surface area contributed by atoms with Crippen molar-refractivity contribution in [1.82, 2.24) is 10.2 Å². The molecule has 2 atom stereocenters. The Labute approximate surface area is 114 Å². The van der Waals surface area contributed by atoms with Gasteiger partial charge in [0.15, 0.2) is 0 Å². The lowest BCUT2D eigenvalue weighted by molar-refractivity contribution is 0.137. The predicted octanol–water partition coefficient (Wildman–Crippen LogP) is 3.42.